The highest BCUT2D eigenvalue weighted by Crippen LogP contribution is 2.20. The van der Waals surface area contributed by atoms with Gasteiger partial charge in [0.05, 0.1) is 12.8 Å². The molecule has 26 heavy (non-hydrogen) atoms. The lowest BCUT2D eigenvalue weighted by molar-refractivity contribution is 0.134. The zero-order chi connectivity index (χ0) is 19.3. The predicted octanol–water partition coefficient (Wildman–Crippen LogP) is 0.702. The van der Waals surface area contributed by atoms with Crippen LogP contribution >= 0.6 is 0 Å². The fourth-order valence-electron chi connectivity index (χ4n) is 1.96. The van der Waals surface area contributed by atoms with Crippen LogP contribution in [0.15, 0.2) is 29.3 Å². The number of urea groups is 1. The van der Waals surface area contributed by atoms with E-state index in [-0.39, 0.29) is 11.8 Å². The number of hydrogen-bond donors (Lipinski definition) is 3. The zero-order valence-corrected chi connectivity index (χ0v) is 14.6. The molecule has 0 aliphatic heterocycles. The first-order valence-electron chi connectivity index (χ1n) is 7.19. The molecule has 10 nitrogen and oxygen atoms in total. The molecule has 0 fully saturated rings. The molecule has 2 amide bonds. The van der Waals surface area contributed by atoms with Gasteiger partial charge in [-0.3, -0.25) is 10.3 Å². The number of aliphatic hydroxyl groups excluding tert-OH is 1. The van der Waals surface area contributed by atoms with Crippen LogP contribution in [-0.2, 0) is 10.0 Å². The van der Waals surface area contributed by atoms with E-state index in [9.17, 15) is 22.7 Å². The molecule has 0 radical (unpaired) electrons. The van der Waals surface area contributed by atoms with E-state index >= 15 is 0 Å². The zero-order valence-electron chi connectivity index (χ0n) is 13.8. The SMILES string of the molecule is COc1cc(C)nc(NC(=O)NS(=O)(=O)c2cccnc2C(O)CF)n1. The number of aryl methyl sites for hydroxylation is 1. The molecular formula is C14H16FN5O5S. The number of carbonyl (C=O) groups excluding carboxylic acids is 1. The summed E-state index contributed by atoms with van der Waals surface area (Å²) in [5.74, 6) is 0.000948. The lowest BCUT2D eigenvalue weighted by Gasteiger charge is -2.13. The number of amides is 2. The van der Waals surface area contributed by atoms with E-state index < -0.39 is 39.4 Å². The van der Waals surface area contributed by atoms with Crippen molar-refractivity contribution in [2.45, 2.75) is 17.9 Å². The van der Waals surface area contributed by atoms with Crippen molar-refractivity contribution in [3.8, 4) is 5.88 Å². The van der Waals surface area contributed by atoms with Crippen molar-refractivity contribution in [1.82, 2.24) is 19.7 Å². The summed E-state index contributed by atoms with van der Waals surface area (Å²) in [5.41, 5.74) is 0.0689. The second-order valence-electron chi connectivity index (χ2n) is 4.99. The Balaban J connectivity index is 2.22. The molecular weight excluding hydrogens is 369 g/mol. The number of pyridine rings is 1. The minimum atomic E-state index is -4.43. The molecule has 0 spiro atoms. The molecule has 12 heteroatoms. The number of alkyl halides is 1. The van der Waals surface area contributed by atoms with Gasteiger partial charge < -0.3 is 9.84 Å². The summed E-state index contributed by atoms with van der Waals surface area (Å²) in [6.07, 6.45) is -0.546. The fraction of sp³-hybridized carbons (Fsp3) is 0.286. The summed E-state index contributed by atoms with van der Waals surface area (Å²) in [7, 11) is -3.06. The topological polar surface area (TPSA) is 143 Å². The minimum Gasteiger partial charge on any atom is -0.481 e. The van der Waals surface area contributed by atoms with Gasteiger partial charge in [0.15, 0.2) is 0 Å². The number of aliphatic hydroxyl groups is 1. The van der Waals surface area contributed by atoms with Gasteiger partial charge in [0, 0.05) is 18.0 Å². The Bertz CT molecular complexity index is 908. The highest BCUT2D eigenvalue weighted by atomic mass is 32.2. The van der Waals surface area contributed by atoms with E-state index in [0.717, 1.165) is 6.07 Å². The molecule has 0 bridgehead atoms. The second-order valence-corrected chi connectivity index (χ2v) is 6.64. The van der Waals surface area contributed by atoms with Crippen LogP contribution < -0.4 is 14.8 Å². The summed E-state index contributed by atoms with van der Waals surface area (Å²) < 4.78 is 44.0. The van der Waals surface area contributed by atoms with Crippen LogP contribution in [0.1, 0.15) is 17.5 Å². The van der Waals surface area contributed by atoms with E-state index in [1.54, 1.807) is 11.6 Å². The van der Waals surface area contributed by atoms with Crippen molar-refractivity contribution < 1.29 is 27.4 Å². The van der Waals surface area contributed by atoms with E-state index in [1.807, 2.05) is 0 Å². The molecule has 1 unspecified atom stereocenters. The third-order valence-electron chi connectivity index (χ3n) is 3.04. The first kappa shape index (κ1) is 19.5. The van der Waals surface area contributed by atoms with Gasteiger partial charge in [-0.25, -0.2) is 27.3 Å². The number of nitrogens with zero attached hydrogens (tertiary/aromatic N) is 3. The number of nitrogens with one attached hydrogen (secondary N) is 2. The van der Waals surface area contributed by atoms with Crippen molar-refractivity contribution in [2.24, 2.45) is 0 Å². The molecule has 3 N–H and O–H groups in total. The van der Waals surface area contributed by atoms with Crippen molar-refractivity contribution >= 4 is 22.0 Å². The number of carbonyl (C=O) groups is 1. The second kappa shape index (κ2) is 8.01. The average Bonchev–Trinajstić information content (AvgIpc) is 2.59. The maximum atomic E-state index is 12.7. The number of hydrogen-bond acceptors (Lipinski definition) is 8. The van der Waals surface area contributed by atoms with E-state index in [1.165, 1.54) is 25.4 Å². The van der Waals surface area contributed by atoms with Crippen LogP contribution in [0.2, 0.25) is 0 Å². The summed E-state index contributed by atoms with van der Waals surface area (Å²) in [6, 6.07) is 2.72. The van der Waals surface area contributed by atoms with Gasteiger partial charge in [-0.05, 0) is 19.1 Å². The Labute approximate surface area is 148 Å². The third kappa shape index (κ3) is 4.61. The van der Waals surface area contributed by atoms with Crippen LogP contribution in [-0.4, -0.2) is 48.3 Å². The molecule has 0 aliphatic rings. The molecule has 2 heterocycles. The normalized spacial score (nSPS) is 12.3. The third-order valence-corrected chi connectivity index (χ3v) is 4.42. The monoisotopic (exact) mass is 385 g/mol. The van der Waals surface area contributed by atoms with Crippen LogP contribution in [0, 0.1) is 6.92 Å². The molecule has 2 aromatic heterocycles. The molecule has 0 aliphatic carbocycles. The Morgan fingerprint density at radius 3 is 2.81 bits per heavy atom. The molecule has 0 saturated carbocycles. The lowest BCUT2D eigenvalue weighted by atomic mass is 10.2. The number of rotatable bonds is 6. The smallest absolute Gasteiger partial charge is 0.335 e. The van der Waals surface area contributed by atoms with Gasteiger partial charge in [0.2, 0.25) is 11.8 Å². The molecule has 1 atom stereocenters. The first-order chi connectivity index (χ1) is 12.3. The predicted molar refractivity (Wildman–Crippen MR) is 87.8 cm³/mol. The minimum absolute atomic E-state index is 0.176. The van der Waals surface area contributed by atoms with Crippen LogP contribution in [0.3, 0.4) is 0 Å². The molecule has 2 rings (SSSR count). The standard InChI is InChI=1S/C14H16FN5O5S/c1-8-6-11(25-2)18-13(17-8)19-14(22)20-26(23,24)10-4-3-5-16-12(10)9(21)7-15/h3-6,9,21H,7H2,1-2H3,(H2,17,18,19,20,22). The van der Waals surface area contributed by atoms with Gasteiger partial charge in [0.25, 0.3) is 10.0 Å². The van der Waals surface area contributed by atoms with E-state index in [4.69, 9.17) is 4.74 Å². The number of methoxy groups -OCH3 is 1. The van der Waals surface area contributed by atoms with Gasteiger partial charge in [-0.15, -0.1) is 0 Å². The van der Waals surface area contributed by atoms with E-state index in [2.05, 4.69) is 20.3 Å². The summed E-state index contributed by atoms with van der Waals surface area (Å²) >= 11 is 0. The first-order valence-corrected chi connectivity index (χ1v) is 8.67. The summed E-state index contributed by atoms with van der Waals surface area (Å²) in [4.78, 5) is 22.9. The largest absolute Gasteiger partial charge is 0.481 e. The summed E-state index contributed by atoms with van der Waals surface area (Å²) in [5, 5.41) is 11.7. The Morgan fingerprint density at radius 2 is 2.15 bits per heavy atom. The number of aromatic nitrogens is 3. The summed E-state index contributed by atoms with van der Waals surface area (Å²) in [6.45, 7) is 0.396. The molecule has 0 saturated heterocycles. The molecule has 140 valence electrons. The van der Waals surface area contributed by atoms with Gasteiger partial charge in [-0.1, -0.05) is 0 Å². The van der Waals surface area contributed by atoms with Crippen molar-refractivity contribution in [3.05, 3.63) is 35.8 Å². The van der Waals surface area contributed by atoms with Gasteiger partial charge >= 0.3 is 6.03 Å². The number of anilines is 1. The Kier molecular flexibility index (Phi) is 6.00. The highest BCUT2D eigenvalue weighted by Gasteiger charge is 2.25. The highest BCUT2D eigenvalue weighted by molar-refractivity contribution is 7.90. The van der Waals surface area contributed by atoms with Crippen LogP contribution in [0.4, 0.5) is 15.1 Å². The average molecular weight is 385 g/mol. The van der Waals surface area contributed by atoms with Gasteiger partial charge in [0.1, 0.15) is 17.7 Å². The lowest BCUT2D eigenvalue weighted by Crippen LogP contribution is -2.35. The Morgan fingerprint density at radius 1 is 1.42 bits per heavy atom. The molecule has 0 aromatic carbocycles. The number of halogens is 1. The maximum Gasteiger partial charge on any atom is 0.335 e. The fourth-order valence-corrected chi connectivity index (χ4v) is 3.08. The number of ether oxygens (including phenoxy) is 1. The van der Waals surface area contributed by atoms with Crippen LogP contribution in [0.5, 0.6) is 5.88 Å². The van der Waals surface area contributed by atoms with Crippen molar-refractivity contribution in [1.29, 1.82) is 0 Å². The molecule has 2 aromatic rings. The van der Waals surface area contributed by atoms with Crippen LogP contribution in [0.25, 0.3) is 0 Å². The van der Waals surface area contributed by atoms with Crippen molar-refractivity contribution in [3.63, 3.8) is 0 Å². The van der Waals surface area contributed by atoms with Crippen molar-refractivity contribution in [2.75, 3.05) is 19.1 Å². The quantitative estimate of drug-likeness (QED) is 0.659. The maximum absolute atomic E-state index is 12.7. The Hall–Kier alpha value is -2.86. The van der Waals surface area contributed by atoms with Gasteiger partial charge in [-0.2, -0.15) is 4.98 Å². The van der Waals surface area contributed by atoms with E-state index in [0.29, 0.717) is 5.69 Å². The number of sulfonamides is 1.